The number of carbonyl (C=O) groups is 1. The van der Waals surface area contributed by atoms with Crippen molar-refractivity contribution in [3.63, 3.8) is 0 Å². The van der Waals surface area contributed by atoms with Crippen molar-refractivity contribution in [3.05, 3.63) is 17.8 Å². The Balaban J connectivity index is 2.47. The summed E-state index contributed by atoms with van der Waals surface area (Å²) < 4.78 is 39.7. The summed E-state index contributed by atoms with van der Waals surface area (Å²) in [6.45, 7) is 3.46. The standard InChI is InChI=1S/C16H21F3N4O3/c1-15(2,3)6-12(26)22-14-21-10-5-4-9(11(25)7-24)20-13(10)23(14)8-16(17,18)19/h4-5,11,24-25H,6-8H2,1-3H3,(H,21,22,26). The zero-order valence-corrected chi connectivity index (χ0v) is 14.6. The predicted molar refractivity (Wildman–Crippen MR) is 88.3 cm³/mol. The first kappa shape index (κ1) is 20.1. The molecule has 144 valence electrons. The van der Waals surface area contributed by atoms with Gasteiger partial charge in [-0.1, -0.05) is 20.8 Å². The van der Waals surface area contributed by atoms with Gasteiger partial charge in [0.2, 0.25) is 11.9 Å². The van der Waals surface area contributed by atoms with Crippen LogP contribution < -0.4 is 5.32 Å². The van der Waals surface area contributed by atoms with Crippen molar-refractivity contribution in [2.75, 3.05) is 11.9 Å². The van der Waals surface area contributed by atoms with Gasteiger partial charge in [-0.05, 0) is 17.5 Å². The second-order valence-electron chi connectivity index (χ2n) is 7.20. The molecule has 0 radical (unpaired) electrons. The Morgan fingerprint density at radius 3 is 2.46 bits per heavy atom. The van der Waals surface area contributed by atoms with Gasteiger partial charge >= 0.3 is 6.18 Å². The number of amides is 1. The third kappa shape index (κ3) is 5.15. The van der Waals surface area contributed by atoms with Gasteiger partial charge in [0.05, 0.1) is 12.3 Å². The van der Waals surface area contributed by atoms with Crippen molar-refractivity contribution in [2.45, 2.75) is 46.0 Å². The Morgan fingerprint density at radius 1 is 1.27 bits per heavy atom. The first-order valence-electron chi connectivity index (χ1n) is 7.92. The number of halogens is 3. The van der Waals surface area contributed by atoms with Crippen LogP contribution in [-0.4, -0.2) is 43.4 Å². The topological polar surface area (TPSA) is 100 Å². The SMILES string of the molecule is CC(C)(C)CC(=O)Nc1nc2ccc(C(O)CO)nc2n1CC(F)(F)F. The molecular formula is C16H21F3N4O3. The number of rotatable bonds is 5. The van der Waals surface area contributed by atoms with Gasteiger partial charge < -0.3 is 10.2 Å². The molecule has 0 saturated carbocycles. The maximum absolute atomic E-state index is 13.0. The normalized spacial score (nSPS) is 13.8. The molecule has 0 fully saturated rings. The lowest BCUT2D eigenvalue weighted by Crippen LogP contribution is -2.24. The molecule has 2 aromatic rings. The molecule has 2 aromatic heterocycles. The summed E-state index contributed by atoms with van der Waals surface area (Å²) in [5, 5.41) is 21.1. The molecule has 1 atom stereocenters. The number of aliphatic hydroxyl groups is 2. The summed E-state index contributed by atoms with van der Waals surface area (Å²) in [5.74, 6) is -0.735. The molecule has 10 heteroatoms. The molecule has 1 amide bonds. The minimum atomic E-state index is -4.57. The van der Waals surface area contributed by atoms with E-state index in [0.717, 1.165) is 4.57 Å². The third-order valence-electron chi connectivity index (χ3n) is 3.41. The number of fused-ring (bicyclic) bond motifs is 1. The lowest BCUT2D eigenvalue weighted by molar-refractivity contribution is -0.139. The van der Waals surface area contributed by atoms with Gasteiger partial charge in [0.1, 0.15) is 18.2 Å². The van der Waals surface area contributed by atoms with E-state index in [9.17, 15) is 23.1 Å². The summed E-state index contributed by atoms with van der Waals surface area (Å²) in [6, 6.07) is 2.73. The summed E-state index contributed by atoms with van der Waals surface area (Å²) in [4.78, 5) is 20.1. The molecule has 0 aromatic carbocycles. The van der Waals surface area contributed by atoms with Crippen LogP contribution in [0, 0.1) is 5.41 Å². The predicted octanol–water partition coefficient (Wildman–Crippen LogP) is 2.39. The van der Waals surface area contributed by atoms with E-state index >= 15 is 0 Å². The van der Waals surface area contributed by atoms with Crippen molar-refractivity contribution < 1.29 is 28.2 Å². The zero-order valence-electron chi connectivity index (χ0n) is 14.6. The maximum atomic E-state index is 13.0. The van der Waals surface area contributed by atoms with Crippen LogP contribution >= 0.6 is 0 Å². The van der Waals surface area contributed by atoms with E-state index in [1.54, 1.807) is 0 Å². The summed E-state index contributed by atoms with van der Waals surface area (Å²) in [5.41, 5.74) is -0.342. The van der Waals surface area contributed by atoms with Crippen LogP contribution in [0.2, 0.25) is 0 Å². The number of pyridine rings is 1. The quantitative estimate of drug-likeness (QED) is 0.746. The molecule has 2 heterocycles. The highest BCUT2D eigenvalue weighted by Gasteiger charge is 2.31. The molecule has 0 saturated heterocycles. The van der Waals surface area contributed by atoms with Crippen LogP contribution in [0.4, 0.5) is 19.1 Å². The van der Waals surface area contributed by atoms with Crippen LogP contribution in [0.1, 0.15) is 39.0 Å². The van der Waals surface area contributed by atoms with Gasteiger partial charge in [-0.3, -0.25) is 14.7 Å². The highest BCUT2D eigenvalue weighted by molar-refractivity contribution is 5.91. The maximum Gasteiger partial charge on any atom is 0.406 e. The molecule has 1 unspecified atom stereocenters. The number of nitrogens with zero attached hydrogens (tertiary/aromatic N) is 3. The fourth-order valence-corrected chi connectivity index (χ4v) is 2.37. The molecule has 0 aliphatic rings. The number of carbonyl (C=O) groups excluding carboxylic acids is 1. The van der Waals surface area contributed by atoms with Gasteiger partial charge in [-0.25, -0.2) is 9.97 Å². The van der Waals surface area contributed by atoms with Crippen molar-refractivity contribution in [1.29, 1.82) is 0 Å². The minimum absolute atomic E-state index is 0.0101. The fourth-order valence-electron chi connectivity index (χ4n) is 2.37. The molecule has 26 heavy (non-hydrogen) atoms. The van der Waals surface area contributed by atoms with Gasteiger partial charge in [0.25, 0.3) is 0 Å². The van der Waals surface area contributed by atoms with E-state index in [0.29, 0.717) is 0 Å². The largest absolute Gasteiger partial charge is 0.406 e. The molecule has 2 rings (SSSR count). The Hall–Kier alpha value is -2.20. The Bertz CT molecular complexity index is 796. The number of imidazole rings is 1. The van der Waals surface area contributed by atoms with E-state index in [1.807, 2.05) is 20.8 Å². The van der Waals surface area contributed by atoms with Crippen LogP contribution in [-0.2, 0) is 11.3 Å². The van der Waals surface area contributed by atoms with Gasteiger partial charge in [0.15, 0.2) is 5.65 Å². The zero-order chi connectivity index (χ0) is 19.7. The van der Waals surface area contributed by atoms with Crippen molar-refractivity contribution >= 4 is 23.0 Å². The van der Waals surface area contributed by atoms with E-state index in [4.69, 9.17) is 5.11 Å². The van der Waals surface area contributed by atoms with Crippen molar-refractivity contribution in [1.82, 2.24) is 14.5 Å². The number of alkyl halides is 3. The second-order valence-corrected chi connectivity index (χ2v) is 7.20. The van der Waals surface area contributed by atoms with E-state index < -0.39 is 31.3 Å². The summed E-state index contributed by atoms with van der Waals surface area (Å²) in [7, 11) is 0. The molecule has 0 bridgehead atoms. The van der Waals surface area contributed by atoms with Gasteiger partial charge in [-0.2, -0.15) is 13.2 Å². The Labute approximate surface area is 147 Å². The Morgan fingerprint density at radius 2 is 1.92 bits per heavy atom. The van der Waals surface area contributed by atoms with E-state index in [2.05, 4.69) is 15.3 Å². The van der Waals surface area contributed by atoms with Crippen molar-refractivity contribution in [2.24, 2.45) is 5.41 Å². The van der Waals surface area contributed by atoms with Crippen molar-refractivity contribution in [3.8, 4) is 0 Å². The second kappa shape index (κ2) is 7.20. The highest BCUT2D eigenvalue weighted by atomic mass is 19.4. The fraction of sp³-hybridized carbons (Fsp3) is 0.562. The van der Waals surface area contributed by atoms with Crippen LogP contribution in [0.15, 0.2) is 12.1 Å². The van der Waals surface area contributed by atoms with Crippen LogP contribution in [0.5, 0.6) is 0 Å². The van der Waals surface area contributed by atoms with E-state index in [1.165, 1.54) is 12.1 Å². The highest BCUT2D eigenvalue weighted by Crippen LogP contribution is 2.27. The number of hydrogen-bond acceptors (Lipinski definition) is 5. The molecule has 0 spiro atoms. The minimum Gasteiger partial charge on any atom is -0.393 e. The molecule has 7 nitrogen and oxygen atoms in total. The number of aliphatic hydroxyl groups excluding tert-OH is 2. The first-order valence-corrected chi connectivity index (χ1v) is 7.92. The average Bonchev–Trinajstić information content (AvgIpc) is 2.79. The summed E-state index contributed by atoms with van der Waals surface area (Å²) >= 11 is 0. The van der Waals surface area contributed by atoms with Gasteiger partial charge in [0, 0.05) is 6.42 Å². The number of aromatic nitrogens is 3. The molecule has 0 aliphatic heterocycles. The first-order chi connectivity index (χ1) is 11.9. The van der Waals surface area contributed by atoms with E-state index in [-0.39, 0.29) is 34.6 Å². The third-order valence-corrected chi connectivity index (χ3v) is 3.41. The Kier molecular flexibility index (Phi) is 5.57. The number of nitrogens with one attached hydrogen (secondary N) is 1. The molecular weight excluding hydrogens is 353 g/mol. The number of hydrogen-bond donors (Lipinski definition) is 3. The van der Waals surface area contributed by atoms with Crippen LogP contribution in [0.25, 0.3) is 11.2 Å². The van der Waals surface area contributed by atoms with Gasteiger partial charge in [-0.15, -0.1) is 0 Å². The summed E-state index contributed by atoms with van der Waals surface area (Å²) in [6.07, 6.45) is -5.79. The smallest absolute Gasteiger partial charge is 0.393 e. The lowest BCUT2D eigenvalue weighted by Gasteiger charge is -2.18. The van der Waals surface area contributed by atoms with Crippen LogP contribution in [0.3, 0.4) is 0 Å². The molecule has 3 N–H and O–H groups in total. The number of anilines is 1. The molecule has 0 aliphatic carbocycles. The average molecular weight is 374 g/mol. The lowest BCUT2D eigenvalue weighted by atomic mass is 9.92. The monoisotopic (exact) mass is 374 g/mol.